The van der Waals surface area contributed by atoms with E-state index < -0.39 is 5.97 Å². The molecule has 1 N–H and O–H groups in total. The van der Waals surface area contributed by atoms with Crippen molar-refractivity contribution in [2.45, 2.75) is 0 Å². The van der Waals surface area contributed by atoms with E-state index in [9.17, 15) is 9.90 Å². The lowest BCUT2D eigenvalue weighted by atomic mass is 10.0. The SMILES string of the molecule is COc1cc(OC)c(-c2ccsc2C(=O)O)c(OC)c1. The van der Waals surface area contributed by atoms with E-state index in [1.807, 2.05) is 0 Å². The molecule has 1 heterocycles. The lowest BCUT2D eigenvalue weighted by Crippen LogP contribution is -1.99. The van der Waals surface area contributed by atoms with Crippen molar-refractivity contribution in [1.29, 1.82) is 0 Å². The third-order valence-electron chi connectivity index (χ3n) is 2.84. The summed E-state index contributed by atoms with van der Waals surface area (Å²) in [7, 11) is 4.58. The monoisotopic (exact) mass is 294 g/mol. The molecule has 0 aliphatic rings. The Kier molecular flexibility index (Phi) is 4.14. The summed E-state index contributed by atoms with van der Waals surface area (Å²) in [5.41, 5.74) is 1.17. The topological polar surface area (TPSA) is 65.0 Å². The van der Waals surface area contributed by atoms with Gasteiger partial charge in [0.2, 0.25) is 0 Å². The summed E-state index contributed by atoms with van der Waals surface area (Å²) in [5.74, 6) is 0.605. The van der Waals surface area contributed by atoms with E-state index in [1.165, 1.54) is 14.2 Å². The van der Waals surface area contributed by atoms with Crippen molar-refractivity contribution in [2.75, 3.05) is 21.3 Å². The Bertz CT molecular complexity index is 607. The van der Waals surface area contributed by atoms with Crippen molar-refractivity contribution >= 4 is 17.3 Å². The zero-order chi connectivity index (χ0) is 14.7. The third-order valence-corrected chi connectivity index (χ3v) is 3.75. The van der Waals surface area contributed by atoms with Gasteiger partial charge >= 0.3 is 5.97 Å². The number of thiophene rings is 1. The molecule has 6 heteroatoms. The Hall–Kier alpha value is -2.21. The Morgan fingerprint density at radius 2 is 1.70 bits per heavy atom. The molecule has 0 atom stereocenters. The number of benzene rings is 1. The zero-order valence-corrected chi connectivity index (χ0v) is 12.1. The van der Waals surface area contributed by atoms with Crippen LogP contribution < -0.4 is 14.2 Å². The minimum atomic E-state index is -0.977. The molecule has 0 bridgehead atoms. The van der Waals surface area contributed by atoms with E-state index in [4.69, 9.17) is 14.2 Å². The summed E-state index contributed by atoms with van der Waals surface area (Å²) in [6.07, 6.45) is 0. The van der Waals surface area contributed by atoms with Crippen LogP contribution in [0, 0.1) is 0 Å². The number of hydrogen-bond acceptors (Lipinski definition) is 5. The number of hydrogen-bond donors (Lipinski definition) is 1. The Labute approximate surface area is 120 Å². The molecule has 2 aromatic rings. The molecule has 0 radical (unpaired) electrons. The number of carboxylic acid groups (broad SMARTS) is 1. The van der Waals surface area contributed by atoms with Gasteiger partial charge in [-0.1, -0.05) is 0 Å². The van der Waals surface area contributed by atoms with Gasteiger partial charge in [0, 0.05) is 17.7 Å². The number of aromatic carboxylic acids is 1. The predicted octanol–water partition coefficient (Wildman–Crippen LogP) is 3.14. The van der Waals surface area contributed by atoms with Crippen molar-refractivity contribution in [2.24, 2.45) is 0 Å². The van der Waals surface area contributed by atoms with E-state index in [-0.39, 0.29) is 4.88 Å². The van der Waals surface area contributed by atoms with Gasteiger partial charge in [0.05, 0.1) is 26.9 Å². The molecular formula is C14H14O5S. The first-order valence-electron chi connectivity index (χ1n) is 5.73. The number of methoxy groups -OCH3 is 3. The summed E-state index contributed by atoms with van der Waals surface area (Å²) in [5, 5.41) is 11.0. The first-order chi connectivity index (χ1) is 9.62. The van der Waals surface area contributed by atoms with Gasteiger partial charge in [-0.05, 0) is 11.4 Å². The van der Waals surface area contributed by atoms with Crippen LogP contribution in [0.2, 0.25) is 0 Å². The Balaban J connectivity index is 2.71. The highest BCUT2D eigenvalue weighted by Gasteiger charge is 2.21. The van der Waals surface area contributed by atoms with Crippen molar-refractivity contribution < 1.29 is 24.1 Å². The van der Waals surface area contributed by atoms with Gasteiger partial charge < -0.3 is 19.3 Å². The van der Waals surface area contributed by atoms with Gasteiger partial charge in [0.25, 0.3) is 0 Å². The van der Waals surface area contributed by atoms with Crippen LogP contribution >= 0.6 is 11.3 Å². The quantitative estimate of drug-likeness (QED) is 0.917. The smallest absolute Gasteiger partial charge is 0.346 e. The molecule has 1 aromatic carbocycles. The van der Waals surface area contributed by atoms with Crippen LogP contribution in [0.4, 0.5) is 0 Å². The van der Waals surface area contributed by atoms with E-state index in [0.717, 1.165) is 11.3 Å². The van der Waals surface area contributed by atoms with Gasteiger partial charge in [-0.25, -0.2) is 4.79 Å². The normalized spacial score (nSPS) is 10.2. The minimum Gasteiger partial charge on any atom is -0.496 e. The second-order valence-corrected chi connectivity index (χ2v) is 4.79. The second-order valence-electron chi connectivity index (χ2n) is 3.88. The first kappa shape index (κ1) is 14.2. The summed E-state index contributed by atoms with van der Waals surface area (Å²) >= 11 is 1.16. The van der Waals surface area contributed by atoms with Crippen LogP contribution in [0.1, 0.15) is 9.67 Å². The van der Waals surface area contributed by atoms with Gasteiger partial charge in [-0.2, -0.15) is 0 Å². The van der Waals surface area contributed by atoms with Crippen LogP contribution in [0.5, 0.6) is 17.2 Å². The predicted molar refractivity (Wildman–Crippen MR) is 76.4 cm³/mol. The Morgan fingerprint density at radius 1 is 1.10 bits per heavy atom. The van der Waals surface area contributed by atoms with E-state index in [1.54, 1.807) is 30.7 Å². The van der Waals surface area contributed by atoms with Gasteiger partial charge in [0.15, 0.2) is 0 Å². The first-order valence-corrected chi connectivity index (χ1v) is 6.61. The van der Waals surface area contributed by atoms with Crippen molar-refractivity contribution in [1.82, 2.24) is 0 Å². The van der Waals surface area contributed by atoms with Crippen LogP contribution in [-0.2, 0) is 0 Å². The highest BCUT2D eigenvalue weighted by atomic mass is 32.1. The van der Waals surface area contributed by atoms with Crippen LogP contribution in [0.25, 0.3) is 11.1 Å². The second kappa shape index (κ2) is 5.83. The van der Waals surface area contributed by atoms with E-state index in [2.05, 4.69) is 0 Å². The molecular weight excluding hydrogens is 280 g/mol. The minimum absolute atomic E-state index is 0.242. The molecule has 0 saturated carbocycles. The fourth-order valence-electron chi connectivity index (χ4n) is 1.94. The molecule has 0 unspecified atom stereocenters. The molecule has 0 aliphatic carbocycles. The van der Waals surface area contributed by atoms with Crippen LogP contribution in [-0.4, -0.2) is 32.4 Å². The highest BCUT2D eigenvalue weighted by Crippen LogP contribution is 2.44. The number of carbonyl (C=O) groups is 1. The fourth-order valence-corrected chi connectivity index (χ4v) is 2.68. The fraction of sp³-hybridized carbons (Fsp3) is 0.214. The summed E-state index contributed by atoms with van der Waals surface area (Å²) < 4.78 is 15.9. The maximum Gasteiger partial charge on any atom is 0.346 e. The van der Waals surface area contributed by atoms with Gasteiger partial charge in [-0.3, -0.25) is 0 Å². The molecule has 5 nitrogen and oxygen atoms in total. The van der Waals surface area contributed by atoms with Crippen molar-refractivity contribution in [3.63, 3.8) is 0 Å². The maximum absolute atomic E-state index is 11.3. The van der Waals surface area contributed by atoms with Crippen LogP contribution in [0.3, 0.4) is 0 Å². The summed E-state index contributed by atoms with van der Waals surface area (Å²) in [4.78, 5) is 11.5. The lowest BCUT2D eigenvalue weighted by Gasteiger charge is -2.15. The largest absolute Gasteiger partial charge is 0.496 e. The standard InChI is InChI=1S/C14H14O5S/c1-17-8-6-10(18-2)12(11(7-8)19-3)9-4-5-20-13(9)14(15)16/h4-7H,1-3H3,(H,15,16). The molecule has 2 rings (SSSR count). The average molecular weight is 294 g/mol. The molecule has 0 spiro atoms. The third kappa shape index (κ3) is 2.42. The van der Waals surface area contributed by atoms with Crippen LogP contribution in [0.15, 0.2) is 23.6 Å². The molecule has 1 aromatic heterocycles. The molecule has 0 amide bonds. The molecule has 0 saturated heterocycles. The van der Waals surface area contributed by atoms with Gasteiger partial charge in [-0.15, -0.1) is 11.3 Å². The van der Waals surface area contributed by atoms with Crippen molar-refractivity contribution in [3.8, 4) is 28.4 Å². The summed E-state index contributed by atoms with van der Waals surface area (Å²) in [6.45, 7) is 0. The number of ether oxygens (including phenoxy) is 3. The van der Waals surface area contributed by atoms with E-state index >= 15 is 0 Å². The van der Waals surface area contributed by atoms with Gasteiger partial charge in [0.1, 0.15) is 22.1 Å². The zero-order valence-electron chi connectivity index (χ0n) is 11.3. The molecule has 0 aliphatic heterocycles. The maximum atomic E-state index is 11.3. The molecule has 0 fully saturated rings. The van der Waals surface area contributed by atoms with E-state index in [0.29, 0.717) is 28.4 Å². The average Bonchev–Trinajstić information content (AvgIpc) is 2.94. The lowest BCUT2D eigenvalue weighted by molar-refractivity contribution is 0.0703. The molecule has 20 heavy (non-hydrogen) atoms. The van der Waals surface area contributed by atoms with Crippen molar-refractivity contribution in [3.05, 3.63) is 28.5 Å². The number of carboxylic acids is 1. The molecule has 106 valence electrons. The number of rotatable bonds is 5. The summed E-state index contributed by atoms with van der Waals surface area (Å²) in [6, 6.07) is 5.13. The Morgan fingerprint density at radius 3 is 2.15 bits per heavy atom. The highest BCUT2D eigenvalue weighted by molar-refractivity contribution is 7.12.